The first-order chi connectivity index (χ1) is 7.99. The lowest BCUT2D eigenvalue weighted by atomic mass is 10.0. The largest absolute Gasteiger partial charge is 0.351 e. The molecule has 0 heterocycles. The number of hydrogen-bond donors (Lipinski definition) is 2. The summed E-state index contributed by atoms with van der Waals surface area (Å²) in [6, 6.07) is 5.55. The smallest absolute Gasteiger partial charge is 0.237 e. The highest BCUT2D eigenvalue weighted by atomic mass is 19.1. The Morgan fingerprint density at radius 2 is 1.94 bits per heavy atom. The first kappa shape index (κ1) is 13.6. The van der Waals surface area contributed by atoms with E-state index in [-0.39, 0.29) is 11.7 Å². The number of rotatable bonds is 5. The van der Waals surface area contributed by atoms with Crippen LogP contribution < -0.4 is 11.1 Å². The van der Waals surface area contributed by atoms with Gasteiger partial charge in [0.2, 0.25) is 5.91 Å². The highest BCUT2D eigenvalue weighted by Gasteiger charge is 2.14. The molecule has 0 spiro atoms. The molecule has 1 amide bonds. The van der Waals surface area contributed by atoms with Gasteiger partial charge >= 0.3 is 0 Å². The van der Waals surface area contributed by atoms with Crippen molar-refractivity contribution in [3.8, 4) is 0 Å². The van der Waals surface area contributed by atoms with Crippen molar-refractivity contribution < 1.29 is 9.18 Å². The van der Waals surface area contributed by atoms with Gasteiger partial charge in [0, 0.05) is 6.54 Å². The quantitative estimate of drug-likeness (QED) is 0.822. The number of nitrogens with one attached hydrogen (secondary N) is 1. The Labute approximate surface area is 101 Å². The molecule has 1 aromatic carbocycles. The minimum atomic E-state index is -0.476. The van der Waals surface area contributed by atoms with Crippen LogP contribution in [0.3, 0.4) is 0 Å². The van der Waals surface area contributed by atoms with Gasteiger partial charge in [0.05, 0.1) is 6.04 Å². The molecule has 0 aliphatic heterocycles. The molecule has 0 radical (unpaired) electrons. The number of halogens is 1. The lowest BCUT2D eigenvalue weighted by Gasteiger charge is -2.14. The standard InChI is InChI=1S/C13H19FN2O/c1-9(2)7-12(15)13(17)16-8-10-3-5-11(14)6-4-10/h3-6,9,12H,7-8,15H2,1-2H3,(H,16,17)/t12-/m1/s1. The van der Waals surface area contributed by atoms with E-state index in [2.05, 4.69) is 5.32 Å². The molecule has 1 aromatic rings. The van der Waals surface area contributed by atoms with Crippen molar-refractivity contribution in [2.45, 2.75) is 32.9 Å². The Kier molecular flexibility index (Phi) is 5.10. The van der Waals surface area contributed by atoms with Gasteiger partial charge in [-0.05, 0) is 30.0 Å². The summed E-state index contributed by atoms with van der Waals surface area (Å²) in [4.78, 5) is 11.6. The molecule has 17 heavy (non-hydrogen) atoms. The van der Waals surface area contributed by atoms with Crippen LogP contribution in [0.4, 0.5) is 4.39 Å². The van der Waals surface area contributed by atoms with E-state index in [1.807, 2.05) is 13.8 Å². The van der Waals surface area contributed by atoms with Gasteiger partial charge in [-0.25, -0.2) is 4.39 Å². The number of carbonyl (C=O) groups excluding carboxylic acids is 1. The Hall–Kier alpha value is -1.42. The summed E-state index contributed by atoms with van der Waals surface area (Å²) in [5, 5.41) is 2.74. The summed E-state index contributed by atoms with van der Waals surface area (Å²) in [5.41, 5.74) is 6.59. The molecule has 0 unspecified atom stereocenters. The summed E-state index contributed by atoms with van der Waals surface area (Å²) in [6.07, 6.45) is 0.662. The molecular formula is C13H19FN2O. The van der Waals surface area contributed by atoms with E-state index in [0.717, 1.165) is 5.56 Å². The van der Waals surface area contributed by atoms with Crippen molar-refractivity contribution >= 4 is 5.91 Å². The molecule has 4 heteroatoms. The average molecular weight is 238 g/mol. The summed E-state index contributed by atoms with van der Waals surface area (Å²) in [6.45, 7) is 4.42. The minimum absolute atomic E-state index is 0.164. The molecule has 1 atom stereocenters. The predicted octanol–water partition coefficient (Wildman–Crippen LogP) is 1.82. The van der Waals surface area contributed by atoms with Crippen LogP contribution in [0.2, 0.25) is 0 Å². The number of benzene rings is 1. The van der Waals surface area contributed by atoms with Crippen molar-refractivity contribution in [3.05, 3.63) is 35.6 Å². The Bertz CT molecular complexity index is 362. The van der Waals surface area contributed by atoms with Crippen LogP contribution in [0.25, 0.3) is 0 Å². The second-order valence-corrected chi connectivity index (χ2v) is 4.58. The maximum absolute atomic E-state index is 12.6. The molecule has 3 N–H and O–H groups in total. The lowest BCUT2D eigenvalue weighted by molar-refractivity contribution is -0.122. The fraction of sp³-hybridized carbons (Fsp3) is 0.462. The van der Waals surface area contributed by atoms with Crippen LogP contribution in [0.15, 0.2) is 24.3 Å². The molecule has 0 aliphatic rings. The summed E-state index contributed by atoms with van der Waals surface area (Å²) < 4.78 is 12.6. The number of amides is 1. The van der Waals surface area contributed by atoms with Crippen molar-refractivity contribution in [2.24, 2.45) is 11.7 Å². The minimum Gasteiger partial charge on any atom is -0.351 e. The molecule has 0 saturated carbocycles. The number of carbonyl (C=O) groups is 1. The zero-order chi connectivity index (χ0) is 12.8. The van der Waals surface area contributed by atoms with Gasteiger partial charge in [-0.15, -0.1) is 0 Å². The molecule has 0 aromatic heterocycles. The van der Waals surface area contributed by atoms with Gasteiger partial charge < -0.3 is 11.1 Å². The highest BCUT2D eigenvalue weighted by molar-refractivity contribution is 5.81. The Morgan fingerprint density at radius 1 is 1.35 bits per heavy atom. The fourth-order valence-corrected chi connectivity index (χ4v) is 1.54. The van der Waals surface area contributed by atoms with E-state index in [4.69, 9.17) is 5.73 Å². The summed E-state index contributed by atoms with van der Waals surface area (Å²) in [5.74, 6) is -0.0545. The van der Waals surface area contributed by atoms with E-state index in [1.54, 1.807) is 12.1 Å². The van der Waals surface area contributed by atoms with Crippen molar-refractivity contribution in [2.75, 3.05) is 0 Å². The number of nitrogens with two attached hydrogens (primary N) is 1. The average Bonchev–Trinajstić information content (AvgIpc) is 2.27. The molecule has 0 aliphatic carbocycles. The molecule has 94 valence electrons. The van der Waals surface area contributed by atoms with Crippen LogP contribution in [-0.2, 0) is 11.3 Å². The van der Waals surface area contributed by atoms with E-state index in [0.29, 0.717) is 18.9 Å². The second-order valence-electron chi connectivity index (χ2n) is 4.58. The third kappa shape index (κ3) is 4.95. The first-order valence-electron chi connectivity index (χ1n) is 5.76. The third-order valence-corrected chi connectivity index (χ3v) is 2.44. The van der Waals surface area contributed by atoms with Gasteiger partial charge in [0.1, 0.15) is 5.82 Å². The molecule has 0 saturated heterocycles. The zero-order valence-corrected chi connectivity index (χ0v) is 10.2. The molecular weight excluding hydrogens is 219 g/mol. The van der Waals surface area contributed by atoms with Crippen LogP contribution >= 0.6 is 0 Å². The predicted molar refractivity (Wildman–Crippen MR) is 65.7 cm³/mol. The molecule has 1 rings (SSSR count). The lowest BCUT2D eigenvalue weighted by Crippen LogP contribution is -2.41. The Morgan fingerprint density at radius 3 is 2.47 bits per heavy atom. The highest BCUT2D eigenvalue weighted by Crippen LogP contribution is 2.04. The summed E-state index contributed by atoms with van der Waals surface area (Å²) >= 11 is 0. The third-order valence-electron chi connectivity index (χ3n) is 2.44. The maximum atomic E-state index is 12.6. The molecule has 3 nitrogen and oxygen atoms in total. The monoisotopic (exact) mass is 238 g/mol. The van der Waals surface area contributed by atoms with E-state index in [9.17, 15) is 9.18 Å². The van der Waals surface area contributed by atoms with E-state index >= 15 is 0 Å². The van der Waals surface area contributed by atoms with Gasteiger partial charge in [-0.3, -0.25) is 4.79 Å². The van der Waals surface area contributed by atoms with Gasteiger partial charge in [0.15, 0.2) is 0 Å². The SMILES string of the molecule is CC(C)C[C@@H](N)C(=O)NCc1ccc(F)cc1. The molecule has 0 fully saturated rings. The van der Waals surface area contributed by atoms with Crippen molar-refractivity contribution in [1.29, 1.82) is 0 Å². The number of hydrogen-bond acceptors (Lipinski definition) is 2. The summed E-state index contributed by atoms with van der Waals surface area (Å²) in [7, 11) is 0. The van der Waals surface area contributed by atoms with E-state index in [1.165, 1.54) is 12.1 Å². The first-order valence-corrected chi connectivity index (χ1v) is 5.76. The van der Waals surface area contributed by atoms with E-state index < -0.39 is 6.04 Å². The second kappa shape index (κ2) is 6.35. The zero-order valence-electron chi connectivity index (χ0n) is 10.2. The van der Waals surface area contributed by atoms with Crippen LogP contribution in [0.1, 0.15) is 25.8 Å². The Balaban J connectivity index is 2.40. The normalized spacial score (nSPS) is 12.5. The molecule has 0 bridgehead atoms. The topological polar surface area (TPSA) is 55.1 Å². The van der Waals surface area contributed by atoms with Crippen molar-refractivity contribution in [1.82, 2.24) is 5.32 Å². The fourth-order valence-electron chi connectivity index (χ4n) is 1.54. The van der Waals surface area contributed by atoms with Crippen LogP contribution in [0.5, 0.6) is 0 Å². The van der Waals surface area contributed by atoms with Gasteiger partial charge in [0.25, 0.3) is 0 Å². The van der Waals surface area contributed by atoms with Crippen LogP contribution in [0, 0.1) is 11.7 Å². The van der Waals surface area contributed by atoms with Gasteiger partial charge in [-0.2, -0.15) is 0 Å². The van der Waals surface area contributed by atoms with Crippen LogP contribution in [-0.4, -0.2) is 11.9 Å². The van der Waals surface area contributed by atoms with Gasteiger partial charge in [-0.1, -0.05) is 26.0 Å². The maximum Gasteiger partial charge on any atom is 0.237 e. The van der Waals surface area contributed by atoms with Crippen molar-refractivity contribution in [3.63, 3.8) is 0 Å².